The minimum absolute atomic E-state index is 0.158. The van der Waals surface area contributed by atoms with Gasteiger partial charge in [-0.25, -0.2) is 0 Å². The molecule has 1 amide bonds. The maximum absolute atomic E-state index is 12.0. The summed E-state index contributed by atoms with van der Waals surface area (Å²) in [5.74, 6) is -0.158. The Morgan fingerprint density at radius 2 is 2.00 bits per heavy atom. The lowest BCUT2D eigenvalue weighted by Gasteiger charge is -2.05. The SMILES string of the molecule is O=C(CCn1cc(-c2cccc(B(O)O)c2)nn1)Nc1cccc(Cl)c1. The molecule has 0 fully saturated rings. The summed E-state index contributed by atoms with van der Waals surface area (Å²) in [6.07, 6.45) is 1.93. The molecule has 0 unspecified atom stereocenters. The van der Waals surface area contributed by atoms with E-state index in [2.05, 4.69) is 15.6 Å². The molecule has 3 N–H and O–H groups in total. The van der Waals surface area contributed by atoms with Crippen molar-refractivity contribution < 1.29 is 14.8 Å². The van der Waals surface area contributed by atoms with Gasteiger partial charge in [0, 0.05) is 22.7 Å². The van der Waals surface area contributed by atoms with E-state index in [1.165, 1.54) is 0 Å². The Morgan fingerprint density at radius 1 is 1.19 bits per heavy atom. The standard InChI is InChI=1S/C17H16BClN4O3/c19-14-5-2-6-15(10-14)20-17(24)7-8-23-11-16(21-22-23)12-3-1-4-13(9-12)18(25)26/h1-6,9-11,25-26H,7-8H2,(H,20,24). The number of carbonyl (C=O) groups excluding carboxylic acids is 1. The predicted octanol–water partition coefficient (Wildman–Crippen LogP) is 1.31. The average Bonchev–Trinajstić information content (AvgIpc) is 3.09. The molecule has 0 aliphatic carbocycles. The Hall–Kier alpha value is -2.68. The molecule has 1 heterocycles. The van der Waals surface area contributed by atoms with Crippen LogP contribution in [0.25, 0.3) is 11.3 Å². The molecule has 0 aliphatic rings. The molecule has 0 saturated heterocycles. The van der Waals surface area contributed by atoms with Gasteiger partial charge in [-0.3, -0.25) is 9.48 Å². The van der Waals surface area contributed by atoms with Gasteiger partial charge in [0.25, 0.3) is 0 Å². The highest BCUT2D eigenvalue weighted by Crippen LogP contribution is 2.16. The zero-order valence-corrected chi connectivity index (χ0v) is 14.5. The van der Waals surface area contributed by atoms with Crippen LogP contribution >= 0.6 is 11.6 Å². The molecule has 1 aromatic heterocycles. The maximum atomic E-state index is 12.0. The van der Waals surface area contributed by atoms with Gasteiger partial charge >= 0.3 is 7.12 Å². The lowest BCUT2D eigenvalue weighted by molar-refractivity contribution is -0.116. The Morgan fingerprint density at radius 3 is 2.77 bits per heavy atom. The smallest absolute Gasteiger partial charge is 0.423 e. The molecular formula is C17H16BClN4O3. The van der Waals surface area contributed by atoms with Crippen LogP contribution in [0.5, 0.6) is 0 Å². The third-order valence-electron chi connectivity index (χ3n) is 3.70. The number of carbonyl (C=O) groups is 1. The predicted molar refractivity (Wildman–Crippen MR) is 100.0 cm³/mol. The number of nitrogens with one attached hydrogen (secondary N) is 1. The Balaban J connectivity index is 1.60. The first-order valence-electron chi connectivity index (χ1n) is 7.93. The molecular weight excluding hydrogens is 354 g/mol. The van der Waals surface area contributed by atoms with E-state index in [1.54, 1.807) is 59.4 Å². The number of benzene rings is 2. The van der Waals surface area contributed by atoms with Crippen LogP contribution in [0.2, 0.25) is 5.02 Å². The number of aromatic nitrogens is 3. The summed E-state index contributed by atoms with van der Waals surface area (Å²) in [6.45, 7) is 0.363. The first-order chi connectivity index (χ1) is 12.5. The van der Waals surface area contributed by atoms with E-state index in [1.807, 2.05) is 0 Å². The lowest BCUT2D eigenvalue weighted by atomic mass is 9.79. The average molecular weight is 371 g/mol. The highest BCUT2D eigenvalue weighted by molar-refractivity contribution is 6.58. The number of anilines is 1. The van der Waals surface area contributed by atoms with E-state index >= 15 is 0 Å². The van der Waals surface area contributed by atoms with Crippen LogP contribution in [0.1, 0.15) is 6.42 Å². The number of aryl methyl sites for hydroxylation is 1. The molecule has 0 bridgehead atoms. The molecule has 0 aliphatic heterocycles. The van der Waals surface area contributed by atoms with Crippen molar-refractivity contribution >= 4 is 35.8 Å². The zero-order chi connectivity index (χ0) is 18.5. The van der Waals surface area contributed by atoms with Gasteiger partial charge in [0.2, 0.25) is 5.91 Å². The Kier molecular flexibility index (Phi) is 5.67. The van der Waals surface area contributed by atoms with Crippen molar-refractivity contribution in [3.8, 4) is 11.3 Å². The second kappa shape index (κ2) is 8.14. The van der Waals surface area contributed by atoms with Gasteiger partial charge in [0.05, 0.1) is 12.7 Å². The molecule has 0 radical (unpaired) electrons. The van der Waals surface area contributed by atoms with Crippen molar-refractivity contribution in [3.05, 3.63) is 59.8 Å². The number of amides is 1. The molecule has 2 aromatic carbocycles. The van der Waals surface area contributed by atoms with Gasteiger partial charge in [0.15, 0.2) is 0 Å². The topological polar surface area (TPSA) is 100 Å². The number of nitrogens with zero attached hydrogens (tertiary/aromatic N) is 3. The summed E-state index contributed by atoms with van der Waals surface area (Å²) < 4.78 is 1.56. The van der Waals surface area contributed by atoms with Crippen LogP contribution in [-0.4, -0.2) is 38.1 Å². The van der Waals surface area contributed by atoms with Gasteiger partial charge in [-0.2, -0.15) is 0 Å². The summed E-state index contributed by atoms with van der Waals surface area (Å²) in [5, 5.41) is 29.9. The molecule has 0 saturated carbocycles. The van der Waals surface area contributed by atoms with E-state index in [4.69, 9.17) is 11.6 Å². The highest BCUT2D eigenvalue weighted by Gasteiger charge is 2.13. The summed E-state index contributed by atoms with van der Waals surface area (Å²) >= 11 is 5.89. The quantitative estimate of drug-likeness (QED) is 0.568. The van der Waals surface area contributed by atoms with Gasteiger partial charge in [-0.05, 0) is 23.7 Å². The summed E-state index contributed by atoms with van der Waals surface area (Å²) in [7, 11) is -1.54. The molecule has 7 nitrogen and oxygen atoms in total. The fourth-order valence-corrected chi connectivity index (χ4v) is 2.59. The third-order valence-corrected chi connectivity index (χ3v) is 3.93. The van der Waals surface area contributed by atoms with E-state index < -0.39 is 7.12 Å². The van der Waals surface area contributed by atoms with Gasteiger partial charge in [-0.15, -0.1) is 5.10 Å². The second-order valence-electron chi connectivity index (χ2n) is 5.67. The Labute approximate surface area is 155 Å². The van der Waals surface area contributed by atoms with Crippen molar-refractivity contribution in [2.24, 2.45) is 0 Å². The minimum Gasteiger partial charge on any atom is -0.423 e. The van der Waals surface area contributed by atoms with Crippen molar-refractivity contribution in [2.45, 2.75) is 13.0 Å². The van der Waals surface area contributed by atoms with Crippen molar-refractivity contribution in [3.63, 3.8) is 0 Å². The van der Waals surface area contributed by atoms with Gasteiger partial charge < -0.3 is 15.4 Å². The van der Waals surface area contributed by atoms with E-state index in [9.17, 15) is 14.8 Å². The van der Waals surface area contributed by atoms with Gasteiger partial charge in [-0.1, -0.05) is 47.1 Å². The first kappa shape index (κ1) is 18.1. The monoisotopic (exact) mass is 370 g/mol. The van der Waals surface area contributed by atoms with E-state index in [0.29, 0.717) is 34.0 Å². The summed E-state index contributed by atoms with van der Waals surface area (Å²) in [5.41, 5.74) is 2.31. The fraction of sp³-hybridized carbons (Fsp3) is 0.118. The molecule has 132 valence electrons. The normalized spacial score (nSPS) is 10.6. The summed E-state index contributed by atoms with van der Waals surface area (Å²) in [4.78, 5) is 12.0. The largest absolute Gasteiger partial charge is 0.488 e. The minimum atomic E-state index is -1.54. The number of rotatable bonds is 6. The molecule has 26 heavy (non-hydrogen) atoms. The van der Waals surface area contributed by atoms with E-state index in [-0.39, 0.29) is 12.3 Å². The van der Waals surface area contributed by atoms with E-state index in [0.717, 1.165) is 0 Å². The van der Waals surface area contributed by atoms with Crippen LogP contribution in [0.15, 0.2) is 54.7 Å². The number of hydrogen-bond donors (Lipinski definition) is 3. The third kappa shape index (κ3) is 4.69. The number of halogens is 1. The van der Waals surface area contributed by atoms with Crippen LogP contribution in [0, 0.1) is 0 Å². The maximum Gasteiger partial charge on any atom is 0.488 e. The number of hydrogen-bond acceptors (Lipinski definition) is 5. The van der Waals surface area contributed by atoms with Crippen molar-refractivity contribution in [1.82, 2.24) is 15.0 Å². The van der Waals surface area contributed by atoms with Crippen LogP contribution in [-0.2, 0) is 11.3 Å². The first-order valence-corrected chi connectivity index (χ1v) is 8.31. The second-order valence-corrected chi connectivity index (χ2v) is 6.11. The molecule has 3 aromatic rings. The zero-order valence-electron chi connectivity index (χ0n) is 13.7. The van der Waals surface area contributed by atoms with Gasteiger partial charge in [0.1, 0.15) is 5.69 Å². The summed E-state index contributed by atoms with van der Waals surface area (Å²) in [6, 6.07) is 13.7. The lowest BCUT2D eigenvalue weighted by Crippen LogP contribution is -2.29. The highest BCUT2D eigenvalue weighted by atomic mass is 35.5. The Bertz CT molecular complexity index is 916. The molecule has 3 rings (SSSR count). The van der Waals surface area contributed by atoms with Crippen LogP contribution in [0.4, 0.5) is 5.69 Å². The van der Waals surface area contributed by atoms with Crippen molar-refractivity contribution in [1.29, 1.82) is 0 Å². The van der Waals surface area contributed by atoms with Crippen LogP contribution < -0.4 is 10.8 Å². The molecule has 0 atom stereocenters. The molecule has 0 spiro atoms. The van der Waals surface area contributed by atoms with Crippen LogP contribution in [0.3, 0.4) is 0 Å². The van der Waals surface area contributed by atoms with Crippen molar-refractivity contribution in [2.75, 3.05) is 5.32 Å². The molecule has 9 heteroatoms. The fourth-order valence-electron chi connectivity index (χ4n) is 2.40.